The Labute approximate surface area is 118 Å². The second kappa shape index (κ2) is 8.59. The summed E-state index contributed by atoms with van der Waals surface area (Å²) in [6.45, 7) is 6.71. The summed E-state index contributed by atoms with van der Waals surface area (Å²) in [6, 6.07) is 5.62. The zero-order valence-electron chi connectivity index (χ0n) is 10.7. The van der Waals surface area contributed by atoms with E-state index in [1.54, 1.807) is 18.2 Å². The van der Waals surface area contributed by atoms with E-state index in [-0.39, 0.29) is 0 Å². The van der Waals surface area contributed by atoms with Gasteiger partial charge < -0.3 is 14.8 Å². The fourth-order valence-corrected chi connectivity index (χ4v) is 1.65. The van der Waals surface area contributed by atoms with Gasteiger partial charge in [0.1, 0.15) is 12.4 Å². The van der Waals surface area contributed by atoms with E-state index in [0.717, 1.165) is 6.54 Å². The number of nitrogens with one attached hydrogen (secondary N) is 1. The Bertz CT molecular complexity index is 359. The predicted molar refractivity (Wildman–Crippen MR) is 75.9 cm³/mol. The number of rotatable bonds is 8. The van der Waals surface area contributed by atoms with Crippen LogP contribution in [-0.2, 0) is 4.74 Å². The minimum absolute atomic E-state index is 0.460. The number of benzene rings is 1. The molecule has 0 aliphatic rings. The van der Waals surface area contributed by atoms with E-state index in [0.29, 0.717) is 41.7 Å². The van der Waals surface area contributed by atoms with Gasteiger partial charge in [-0.05, 0) is 12.1 Å². The van der Waals surface area contributed by atoms with E-state index >= 15 is 0 Å². The molecule has 0 fully saturated rings. The van der Waals surface area contributed by atoms with E-state index in [4.69, 9.17) is 32.7 Å². The summed E-state index contributed by atoms with van der Waals surface area (Å²) >= 11 is 11.8. The van der Waals surface area contributed by atoms with Crippen molar-refractivity contribution in [1.82, 2.24) is 5.32 Å². The first kappa shape index (κ1) is 15.6. The average Bonchev–Trinajstić information content (AvgIpc) is 2.32. The lowest BCUT2D eigenvalue weighted by molar-refractivity contribution is 0.101. The monoisotopic (exact) mass is 291 g/mol. The van der Waals surface area contributed by atoms with Gasteiger partial charge in [-0.1, -0.05) is 37.0 Å². The minimum atomic E-state index is 0.460. The third kappa shape index (κ3) is 6.45. The molecule has 0 spiro atoms. The normalized spacial score (nSPS) is 10.9. The zero-order valence-corrected chi connectivity index (χ0v) is 12.2. The van der Waals surface area contributed by atoms with Gasteiger partial charge in [0.15, 0.2) is 0 Å². The molecule has 0 amide bonds. The minimum Gasteiger partial charge on any atom is -0.490 e. The topological polar surface area (TPSA) is 30.5 Å². The van der Waals surface area contributed by atoms with Gasteiger partial charge in [-0.25, -0.2) is 0 Å². The van der Waals surface area contributed by atoms with Crippen molar-refractivity contribution < 1.29 is 9.47 Å². The van der Waals surface area contributed by atoms with Crippen LogP contribution in [0.4, 0.5) is 0 Å². The van der Waals surface area contributed by atoms with E-state index in [2.05, 4.69) is 19.2 Å². The quantitative estimate of drug-likeness (QED) is 0.745. The molecule has 3 nitrogen and oxygen atoms in total. The highest BCUT2D eigenvalue weighted by Crippen LogP contribution is 2.27. The van der Waals surface area contributed by atoms with Crippen LogP contribution in [0.3, 0.4) is 0 Å². The fourth-order valence-electron chi connectivity index (χ4n) is 1.32. The van der Waals surface area contributed by atoms with Crippen LogP contribution in [0.25, 0.3) is 0 Å². The summed E-state index contributed by atoms with van der Waals surface area (Å²) in [7, 11) is 0. The fraction of sp³-hybridized carbons (Fsp3) is 0.538. The Balaban J connectivity index is 2.12. The number of halogens is 2. The Kier molecular flexibility index (Phi) is 7.44. The Hall–Kier alpha value is -0.480. The van der Waals surface area contributed by atoms with Crippen molar-refractivity contribution in [3.8, 4) is 5.75 Å². The van der Waals surface area contributed by atoms with Crippen LogP contribution in [0.2, 0.25) is 10.0 Å². The number of hydrogen-bond acceptors (Lipinski definition) is 3. The van der Waals surface area contributed by atoms with Gasteiger partial charge in [0.25, 0.3) is 0 Å². The van der Waals surface area contributed by atoms with E-state index in [1.807, 2.05) is 0 Å². The lowest BCUT2D eigenvalue weighted by atomic mass is 10.3. The van der Waals surface area contributed by atoms with Crippen molar-refractivity contribution in [1.29, 1.82) is 0 Å². The molecule has 0 unspecified atom stereocenters. The van der Waals surface area contributed by atoms with Crippen molar-refractivity contribution in [3.05, 3.63) is 28.2 Å². The van der Waals surface area contributed by atoms with Gasteiger partial charge in [0, 0.05) is 23.7 Å². The molecular weight excluding hydrogens is 273 g/mol. The molecule has 102 valence electrons. The van der Waals surface area contributed by atoms with Crippen LogP contribution in [-0.4, -0.2) is 32.4 Å². The van der Waals surface area contributed by atoms with Gasteiger partial charge in [-0.3, -0.25) is 0 Å². The van der Waals surface area contributed by atoms with Crippen molar-refractivity contribution in [2.75, 3.05) is 26.4 Å². The molecule has 0 heterocycles. The third-order valence-corrected chi connectivity index (χ3v) is 2.72. The van der Waals surface area contributed by atoms with E-state index < -0.39 is 0 Å². The number of ether oxygens (including phenoxy) is 2. The van der Waals surface area contributed by atoms with Crippen LogP contribution < -0.4 is 10.1 Å². The molecule has 0 saturated heterocycles. The smallest absolute Gasteiger partial charge is 0.139 e. The van der Waals surface area contributed by atoms with Crippen LogP contribution in [0, 0.1) is 0 Å². The first-order chi connectivity index (χ1) is 8.59. The molecule has 1 rings (SSSR count). The maximum Gasteiger partial charge on any atom is 0.139 e. The second-order valence-electron chi connectivity index (χ2n) is 4.14. The van der Waals surface area contributed by atoms with Gasteiger partial charge >= 0.3 is 0 Å². The lowest BCUT2D eigenvalue weighted by Crippen LogP contribution is -2.27. The molecule has 0 radical (unpaired) electrons. The maximum absolute atomic E-state index is 5.96. The highest BCUT2D eigenvalue weighted by atomic mass is 35.5. The van der Waals surface area contributed by atoms with Crippen molar-refractivity contribution >= 4 is 23.2 Å². The second-order valence-corrected chi connectivity index (χ2v) is 4.99. The lowest BCUT2D eigenvalue weighted by Gasteiger charge is -2.10. The molecule has 5 heteroatoms. The summed E-state index contributed by atoms with van der Waals surface area (Å²) in [5.41, 5.74) is 0. The summed E-state index contributed by atoms with van der Waals surface area (Å²) in [5, 5.41) is 4.43. The molecule has 0 atom stereocenters. The van der Waals surface area contributed by atoms with Gasteiger partial charge in [0.2, 0.25) is 0 Å². The molecule has 0 saturated carbocycles. The molecule has 1 aromatic rings. The largest absolute Gasteiger partial charge is 0.490 e. The number of hydrogen-bond donors (Lipinski definition) is 1. The standard InChI is InChI=1S/C13H19Cl2NO2/c1-10(2)16-5-6-17-7-8-18-13-9-11(14)3-4-12(13)15/h3-4,9-10,16H,5-8H2,1-2H3. The van der Waals surface area contributed by atoms with Crippen LogP contribution >= 0.6 is 23.2 Å². The van der Waals surface area contributed by atoms with Crippen LogP contribution in [0.5, 0.6) is 5.75 Å². The zero-order chi connectivity index (χ0) is 13.4. The molecular formula is C13H19Cl2NO2. The summed E-state index contributed by atoms with van der Waals surface area (Å²) in [6.07, 6.45) is 0. The highest BCUT2D eigenvalue weighted by Gasteiger charge is 2.02. The molecule has 18 heavy (non-hydrogen) atoms. The Morgan fingerprint density at radius 2 is 1.94 bits per heavy atom. The molecule has 1 N–H and O–H groups in total. The Morgan fingerprint density at radius 3 is 2.67 bits per heavy atom. The Morgan fingerprint density at radius 1 is 1.17 bits per heavy atom. The third-order valence-electron chi connectivity index (χ3n) is 2.18. The van der Waals surface area contributed by atoms with E-state index in [9.17, 15) is 0 Å². The molecule has 0 aliphatic heterocycles. The summed E-state index contributed by atoms with van der Waals surface area (Å²) in [5.74, 6) is 0.591. The van der Waals surface area contributed by atoms with Gasteiger partial charge in [0.05, 0.1) is 18.2 Å². The first-order valence-corrected chi connectivity index (χ1v) is 6.74. The van der Waals surface area contributed by atoms with Gasteiger partial charge in [-0.15, -0.1) is 0 Å². The summed E-state index contributed by atoms with van der Waals surface area (Å²) in [4.78, 5) is 0. The average molecular weight is 292 g/mol. The van der Waals surface area contributed by atoms with Crippen LogP contribution in [0.1, 0.15) is 13.8 Å². The van der Waals surface area contributed by atoms with Crippen molar-refractivity contribution in [2.45, 2.75) is 19.9 Å². The van der Waals surface area contributed by atoms with E-state index in [1.165, 1.54) is 0 Å². The maximum atomic E-state index is 5.96. The SMILES string of the molecule is CC(C)NCCOCCOc1cc(Cl)ccc1Cl. The van der Waals surface area contributed by atoms with Crippen molar-refractivity contribution in [2.24, 2.45) is 0 Å². The van der Waals surface area contributed by atoms with Crippen molar-refractivity contribution in [3.63, 3.8) is 0 Å². The molecule has 1 aromatic carbocycles. The van der Waals surface area contributed by atoms with Gasteiger partial charge in [-0.2, -0.15) is 0 Å². The molecule has 0 bridgehead atoms. The highest BCUT2D eigenvalue weighted by molar-refractivity contribution is 6.34. The molecule has 0 aromatic heterocycles. The first-order valence-electron chi connectivity index (χ1n) is 5.98. The molecule has 0 aliphatic carbocycles. The van der Waals surface area contributed by atoms with Crippen LogP contribution in [0.15, 0.2) is 18.2 Å². The predicted octanol–water partition coefficient (Wildman–Crippen LogP) is 3.39. The summed E-state index contributed by atoms with van der Waals surface area (Å²) < 4.78 is 10.9.